The Morgan fingerprint density at radius 3 is 2.32 bits per heavy atom. The maximum Gasteiger partial charge on any atom is 0.308 e. The molecule has 0 spiro atoms. The zero-order valence-electron chi connectivity index (χ0n) is 21.9. The second kappa shape index (κ2) is 9.70. The van der Waals surface area contributed by atoms with Crippen molar-refractivity contribution in [1.29, 1.82) is 0 Å². The maximum absolute atomic E-state index is 14.2. The summed E-state index contributed by atoms with van der Waals surface area (Å²) in [6.45, 7) is 1.27. The van der Waals surface area contributed by atoms with E-state index in [1.165, 1.54) is 50.4 Å². The van der Waals surface area contributed by atoms with Crippen LogP contribution in [0.1, 0.15) is 22.8 Å². The van der Waals surface area contributed by atoms with Crippen molar-refractivity contribution < 1.29 is 33.6 Å². The topological polar surface area (TPSA) is 136 Å². The molecule has 3 heterocycles. The summed E-state index contributed by atoms with van der Waals surface area (Å²) in [5, 5.41) is 11.5. The molecule has 0 saturated carbocycles. The molecule has 3 aromatic carbocycles. The van der Waals surface area contributed by atoms with Gasteiger partial charge in [-0.3, -0.25) is 29.3 Å². The van der Waals surface area contributed by atoms with Gasteiger partial charge in [0, 0.05) is 30.3 Å². The summed E-state index contributed by atoms with van der Waals surface area (Å²) in [5.74, 6) is -3.74. The van der Waals surface area contributed by atoms with Crippen LogP contribution < -0.4 is 19.3 Å². The molecule has 4 unspecified atom stereocenters. The summed E-state index contributed by atoms with van der Waals surface area (Å²) in [6, 6.07) is 15.4. The van der Waals surface area contributed by atoms with Gasteiger partial charge >= 0.3 is 5.97 Å². The van der Waals surface area contributed by atoms with Crippen molar-refractivity contribution in [2.75, 3.05) is 16.9 Å². The van der Waals surface area contributed by atoms with E-state index in [1.807, 2.05) is 41.3 Å². The highest BCUT2D eigenvalue weighted by Gasteiger charge is 2.64. The lowest BCUT2D eigenvalue weighted by molar-refractivity contribution is -0.384. The molecule has 0 N–H and O–H groups in total. The minimum atomic E-state index is -1.08. The highest BCUT2D eigenvalue weighted by molar-refractivity contribution is 6.26. The molecule has 4 atom stereocenters. The lowest BCUT2D eigenvalue weighted by Gasteiger charge is -2.36. The van der Waals surface area contributed by atoms with E-state index in [0.717, 1.165) is 16.5 Å². The number of nitro benzene ring substituents is 1. The van der Waals surface area contributed by atoms with Crippen molar-refractivity contribution in [3.63, 3.8) is 0 Å². The van der Waals surface area contributed by atoms with Crippen molar-refractivity contribution in [3.05, 3.63) is 94.0 Å². The number of ether oxygens (including phenoxy) is 2. The average Bonchev–Trinajstić information content (AvgIpc) is 3.44. The summed E-state index contributed by atoms with van der Waals surface area (Å²) in [5.41, 5.74) is 1.46. The number of esters is 1. The van der Waals surface area contributed by atoms with E-state index in [1.54, 1.807) is 0 Å². The lowest BCUT2D eigenvalue weighted by atomic mass is 9.86. The van der Waals surface area contributed by atoms with Gasteiger partial charge in [0.25, 0.3) is 5.69 Å². The Morgan fingerprint density at radius 1 is 0.927 bits per heavy atom. The van der Waals surface area contributed by atoms with Crippen molar-refractivity contribution in [2.45, 2.75) is 19.0 Å². The highest BCUT2D eigenvalue weighted by atomic mass is 16.6. The molecule has 41 heavy (non-hydrogen) atoms. The van der Waals surface area contributed by atoms with Crippen LogP contribution in [0.5, 0.6) is 11.5 Å². The summed E-state index contributed by atoms with van der Waals surface area (Å²) in [7, 11) is 1.34. The number of imide groups is 1. The van der Waals surface area contributed by atoms with Gasteiger partial charge in [0.05, 0.1) is 29.9 Å². The normalized spacial score (nSPS) is 22.2. The fourth-order valence-electron chi connectivity index (χ4n) is 6.04. The number of rotatable bonds is 6. The fraction of sp³-hybridized carbons (Fsp3) is 0.200. The molecule has 3 aliphatic heterocycles. The summed E-state index contributed by atoms with van der Waals surface area (Å²) in [4.78, 5) is 67.3. The fourth-order valence-corrected chi connectivity index (χ4v) is 6.04. The average molecular weight is 554 g/mol. The number of hydrogen-bond donors (Lipinski definition) is 0. The van der Waals surface area contributed by atoms with E-state index >= 15 is 0 Å². The summed E-state index contributed by atoms with van der Waals surface area (Å²) in [6.07, 6.45) is 3.68. The van der Waals surface area contributed by atoms with E-state index in [9.17, 15) is 29.3 Å². The zero-order chi connectivity index (χ0) is 29.0. The predicted molar refractivity (Wildman–Crippen MR) is 147 cm³/mol. The quantitative estimate of drug-likeness (QED) is 0.111. The number of nitrogens with zero attached hydrogens (tertiary/aromatic N) is 3. The van der Waals surface area contributed by atoms with E-state index in [0.29, 0.717) is 5.69 Å². The van der Waals surface area contributed by atoms with Crippen molar-refractivity contribution in [2.24, 2.45) is 11.8 Å². The van der Waals surface area contributed by atoms with Gasteiger partial charge in [0.2, 0.25) is 11.8 Å². The number of hydrogen-bond acceptors (Lipinski definition) is 9. The molecule has 6 rings (SSSR count). The molecular formula is C30H23N3O8. The number of methoxy groups -OCH3 is 1. The number of fused-ring (bicyclic) bond motifs is 5. The van der Waals surface area contributed by atoms with E-state index < -0.39 is 52.4 Å². The first kappa shape index (κ1) is 25.9. The minimum absolute atomic E-state index is 0.0465. The second-order valence-electron chi connectivity index (χ2n) is 9.92. The van der Waals surface area contributed by atoms with Gasteiger partial charge in [-0.25, -0.2) is 4.90 Å². The largest absolute Gasteiger partial charge is 0.495 e. The first-order valence-electron chi connectivity index (χ1n) is 12.8. The molecule has 3 aliphatic rings. The number of carbonyl (C=O) groups is 4. The van der Waals surface area contributed by atoms with Gasteiger partial charge in [-0.15, -0.1) is 0 Å². The summed E-state index contributed by atoms with van der Waals surface area (Å²) >= 11 is 0. The van der Waals surface area contributed by atoms with Gasteiger partial charge in [0.1, 0.15) is 23.2 Å². The monoisotopic (exact) mass is 553 g/mol. The van der Waals surface area contributed by atoms with Crippen LogP contribution in [0.3, 0.4) is 0 Å². The number of non-ortho nitro benzene ring substituents is 1. The zero-order valence-corrected chi connectivity index (χ0v) is 21.9. The third kappa shape index (κ3) is 4.05. The highest BCUT2D eigenvalue weighted by Crippen LogP contribution is 2.51. The van der Waals surface area contributed by atoms with Crippen LogP contribution in [0.25, 0.3) is 6.08 Å². The molecule has 11 heteroatoms. The predicted octanol–water partition coefficient (Wildman–Crippen LogP) is 3.80. The number of carbonyl (C=O) groups excluding carboxylic acids is 4. The van der Waals surface area contributed by atoms with Gasteiger partial charge < -0.3 is 14.4 Å². The Labute approximate surface area is 233 Å². The van der Waals surface area contributed by atoms with Crippen molar-refractivity contribution in [1.82, 2.24) is 0 Å². The Bertz CT molecular complexity index is 1660. The SMILES string of the molecule is COc1ccc([N+](=O)[O-])cc1N1C(=O)C2C(C1=O)C(C(=O)c1ccc(OC(C)=O)cc1)N1c3ccccc3C=CC21. The number of amides is 2. The third-order valence-electron chi connectivity index (χ3n) is 7.70. The lowest BCUT2D eigenvalue weighted by Crippen LogP contribution is -2.48. The van der Waals surface area contributed by atoms with E-state index in [-0.39, 0.29) is 28.4 Å². The smallest absolute Gasteiger partial charge is 0.308 e. The van der Waals surface area contributed by atoms with E-state index in [2.05, 4.69) is 0 Å². The molecule has 0 radical (unpaired) electrons. The molecular weight excluding hydrogens is 530 g/mol. The van der Waals surface area contributed by atoms with Gasteiger partial charge in [-0.05, 0) is 42.0 Å². The number of nitro groups is 1. The first-order chi connectivity index (χ1) is 19.7. The number of anilines is 2. The van der Waals surface area contributed by atoms with Crippen LogP contribution >= 0.6 is 0 Å². The first-order valence-corrected chi connectivity index (χ1v) is 12.8. The van der Waals surface area contributed by atoms with Crippen LogP contribution in [0.2, 0.25) is 0 Å². The number of benzene rings is 3. The van der Waals surface area contributed by atoms with Crippen LogP contribution in [0.15, 0.2) is 72.8 Å². The molecule has 2 saturated heterocycles. The number of Topliss-reactive ketones (excluding diaryl/α,β-unsaturated/α-hetero) is 1. The molecule has 0 aliphatic carbocycles. The van der Waals surface area contributed by atoms with Gasteiger partial charge in [0.15, 0.2) is 5.78 Å². The molecule has 11 nitrogen and oxygen atoms in total. The van der Waals surface area contributed by atoms with Gasteiger partial charge in [-0.1, -0.05) is 30.4 Å². The maximum atomic E-state index is 14.2. The number of ketones is 1. The van der Waals surface area contributed by atoms with E-state index in [4.69, 9.17) is 9.47 Å². The standard InChI is InChI=1S/C30H23N3O8/c1-16(34)41-20-11-7-18(8-12-20)28(35)27-26-25(22-13-9-17-5-3-4-6-21(17)31(22)27)29(36)32(30(26)37)23-15-19(33(38)39)10-14-24(23)40-2/h3-15,22,25-27H,1-2H3. The van der Waals surface area contributed by atoms with Gasteiger partial charge in [-0.2, -0.15) is 0 Å². The van der Waals surface area contributed by atoms with Crippen LogP contribution in [0, 0.1) is 22.0 Å². The van der Waals surface area contributed by atoms with Crippen molar-refractivity contribution >= 4 is 46.7 Å². The van der Waals surface area contributed by atoms with Crippen LogP contribution in [-0.2, 0) is 14.4 Å². The minimum Gasteiger partial charge on any atom is -0.495 e. The van der Waals surface area contributed by atoms with Crippen LogP contribution in [-0.4, -0.2) is 47.7 Å². The Morgan fingerprint density at radius 2 is 1.63 bits per heavy atom. The summed E-state index contributed by atoms with van der Waals surface area (Å²) < 4.78 is 10.4. The third-order valence-corrected chi connectivity index (χ3v) is 7.70. The molecule has 2 fully saturated rings. The molecule has 3 aromatic rings. The molecule has 206 valence electrons. The van der Waals surface area contributed by atoms with Crippen LogP contribution in [0.4, 0.5) is 17.1 Å². The molecule has 0 bridgehead atoms. The van der Waals surface area contributed by atoms with Crippen molar-refractivity contribution in [3.8, 4) is 11.5 Å². The Balaban J connectivity index is 1.46. The Kier molecular flexibility index (Phi) is 6.14. The molecule has 0 aromatic heterocycles. The molecule has 2 amide bonds. The Hall–Kier alpha value is -5.32. The second-order valence-corrected chi connectivity index (χ2v) is 9.92. The number of para-hydroxylation sites is 1.